The quantitative estimate of drug-likeness (QED) is 0.688. The summed E-state index contributed by atoms with van der Waals surface area (Å²) in [6, 6.07) is 16.2. The van der Waals surface area contributed by atoms with Crippen LogP contribution in [0.4, 0.5) is 0 Å². The molecule has 0 spiro atoms. The number of aromatic nitrogens is 1. The molecule has 4 nitrogen and oxygen atoms in total. The van der Waals surface area contributed by atoms with Crippen LogP contribution in [0.3, 0.4) is 0 Å². The first-order valence-electron chi connectivity index (χ1n) is 8.89. The standard InChI is InChI=1S/C21H25N3O/c1-3-24(4-2)13-12-23-21(25)19-7-5-6-16(15-19)17-8-9-20-18(14-17)10-11-22-20/h5-11,14-15,22H,3-4,12-13H2,1-2H3,(H,23,25). The predicted octanol–water partition coefficient (Wildman–Crippen LogP) is 3.91. The molecule has 0 unspecified atom stereocenters. The Morgan fingerprint density at radius 3 is 2.64 bits per heavy atom. The van der Waals surface area contributed by atoms with Gasteiger partial charge in [0.2, 0.25) is 0 Å². The van der Waals surface area contributed by atoms with Gasteiger partial charge in [-0.05, 0) is 59.9 Å². The fourth-order valence-corrected chi connectivity index (χ4v) is 3.04. The highest BCUT2D eigenvalue weighted by Gasteiger charge is 2.08. The van der Waals surface area contributed by atoms with Crippen molar-refractivity contribution < 1.29 is 4.79 Å². The fourth-order valence-electron chi connectivity index (χ4n) is 3.04. The van der Waals surface area contributed by atoms with Crippen molar-refractivity contribution in [3.63, 3.8) is 0 Å². The lowest BCUT2D eigenvalue weighted by Crippen LogP contribution is -2.34. The highest BCUT2D eigenvalue weighted by atomic mass is 16.1. The van der Waals surface area contributed by atoms with E-state index in [1.54, 1.807) is 0 Å². The molecule has 4 heteroatoms. The van der Waals surface area contributed by atoms with E-state index in [0.717, 1.165) is 36.3 Å². The molecule has 0 atom stereocenters. The van der Waals surface area contributed by atoms with E-state index >= 15 is 0 Å². The molecule has 0 fully saturated rings. The molecule has 0 aliphatic carbocycles. The van der Waals surface area contributed by atoms with Gasteiger partial charge in [-0.2, -0.15) is 0 Å². The summed E-state index contributed by atoms with van der Waals surface area (Å²) in [6.07, 6.45) is 1.94. The molecule has 0 aliphatic rings. The van der Waals surface area contributed by atoms with Crippen molar-refractivity contribution in [3.8, 4) is 11.1 Å². The van der Waals surface area contributed by atoms with E-state index in [9.17, 15) is 4.79 Å². The molecular weight excluding hydrogens is 310 g/mol. The van der Waals surface area contributed by atoms with E-state index < -0.39 is 0 Å². The maximum atomic E-state index is 12.4. The predicted molar refractivity (Wildman–Crippen MR) is 104 cm³/mol. The number of fused-ring (bicyclic) bond motifs is 1. The minimum Gasteiger partial charge on any atom is -0.361 e. The molecule has 25 heavy (non-hydrogen) atoms. The number of benzene rings is 2. The molecule has 1 aromatic heterocycles. The molecule has 0 bridgehead atoms. The number of aromatic amines is 1. The molecule has 1 amide bonds. The Bertz CT molecular complexity index is 849. The first-order chi connectivity index (χ1) is 12.2. The molecule has 2 aromatic carbocycles. The zero-order valence-corrected chi connectivity index (χ0v) is 14.9. The third-order valence-electron chi connectivity index (χ3n) is 4.62. The summed E-state index contributed by atoms with van der Waals surface area (Å²) in [6.45, 7) is 7.82. The van der Waals surface area contributed by atoms with Crippen LogP contribution >= 0.6 is 0 Å². The normalized spacial score (nSPS) is 11.2. The number of hydrogen-bond acceptors (Lipinski definition) is 2. The summed E-state index contributed by atoms with van der Waals surface area (Å²) in [5, 5.41) is 4.19. The largest absolute Gasteiger partial charge is 0.361 e. The molecule has 0 saturated carbocycles. The molecule has 2 N–H and O–H groups in total. The monoisotopic (exact) mass is 335 g/mol. The smallest absolute Gasteiger partial charge is 0.251 e. The van der Waals surface area contributed by atoms with Gasteiger partial charge in [-0.25, -0.2) is 0 Å². The van der Waals surface area contributed by atoms with Gasteiger partial charge in [0.25, 0.3) is 5.91 Å². The average molecular weight is 335 g/mol. The molecule has 3 aromatic rings. The SMILES string of the molecule is CCN(CC)CCNC(=O)c1cccc(-c2ccc3[nH]ccc3c2)c1. The van der Waals surface area contributed by atoms with Crippen molar-refractivity contribution in [2.75, 3.05) is 26.2 Å². The lowest BCUT2D eigenvalue weighted by atomic mass is 10.0. The molecular formula is C21H25N3O. The number of hydrogen-bond donors (Lipinski definition) is 2. The number of amides is 1. The van der Waals surface area contributed by atoms with Crippen molar-refractivity contribution in [1.29, 1.82) is 0 Å². The van der Waals surface area contributed by atoms with Crippen LogP contribution in [0.25, 0.3) is 22.0 Å². The van der Waals surface area contributed by atoms with Crippen LogP contribution in [-0.2, 0) is 0 Å². The maximum Gasteiger partial charge on any atom is 0.251 e. The summed E-state index contributed by atoms with van der Waals surface area (Å²) < 4.78 is 0. The Balaban J connectivity index is 1.71. The fraction of sp³-hybridized carbons (Fsp3) is 0.286. The summed E-state index contributed by atoms with van der Waals surface area (Å²) in [4.78, 5) is 17.9. The number of carbonyl (C=O) groups is 1. The summed E-state index contributed by atoms with van der Waals surface area (Å²) in [5.41, 5.74) is 3.99. The van der Waals surface area contributed by atoms with E-state index in [1.165, 1.54) is 5.39 Å². The van der Waals surface area contributed by atoms with Crippen LogP contribution in [0.5, 0.6) is 0 Å². The van der Waals surface area contributed by atoms with E-state index in [1.807, 2.05) is 30.5 Å². The van der Waals surface area contributed by atoms with E-state index in [0.29, 0.717) is 12.1 Å². The zero-order chi connectivity index (χ0) is 17.6. The Morgan fingerprint density at radius 1 is 1.04 bits per heavy atom. The van der Waals surface area contributed by atoms with Gasteiger partial charge in [-0.3, -0.25) is 4.79 Å². The van der Waals surface area contributed by atoms with Crippen molar-refractivity contribution >= 4 is 16.8 Å². The third-order valence-corrected chi connectivity index (χ3v) is 4.62. The van der Waals surface area contributed by atoms with Gasteiger partial charge in [0.15, 0.2) is 0 Å². The zero-order valence-electron chi connectivity index (χ0n) is 14.9. The van der Waals surface area contributed by atoms with Gasteiger partial charge in [-0.15, -0.1) is 0 Å². The number of likely N-dealkylation sites (N-methyl/N-ethyl adjacent to an activating group) is 1. The van der Waals surface area contributed by atoms with Crippen molar-refractivity contribution in [2.45, 2.75) is 13.8 Å². The van der Waals surface area contributed by atoms with E-state index in [-0.39, 0.29) is 5.91 Å². The minimum atomic E-state index is -0.0169. The van der Waals surface area contributed by atoms with Gasteiger partial charge in [0.1, 0.15) is 0 Å². The van der Waals surface area contributed by atoms with Crippen LogP contribution in [-0.4, -0.2) is 42.0 Å². The van der Waals surface area contributed by atoms with Gasteiger partial charge >= 0.3 is 0 Å². The van der Waals surface area contributed by atoms with Gasteiger partial charge in [-0.1, -0.05) is 32.0 Å². The maximum absolute atomic E-state index is 12.4. The van der Waals surface area contributed by atoms with Crippen LogP contribution < -0.4 is 5.32 Å². The van der Waals surface area contributed by atoms with Gasteiger partial charge in [0, 0.05) is 30.4 Å². The molecule has 130 valence electrons. The van der Waals surface area contributed by atoms with Crippen LogP contribution in [0.1, 0.15) is 24.2 Å². The van der Waals surface area contributed by atoms with Crippen molar-refractivity contribution in [2.24, 2.45) is 0 Å². The topological polar surface area (TPSA) is 48.1 Å². The molecule has 1 heterocycles. The third kappa shape index (κ3) is 4.09. The number of H-pyrrole nitrogens is 1. The summed E-state index contributed by atoms with van der Waals surface area (Å²) in [5.74, 6) is -0.0169. The molecule has 3 rings (SSSR count). The number of nitrogens with one attached hydrogen (secondary N) is 2. The lowest BCUT2D eigenvalue weighted by Gasteiger charge is -2.18. The number of rotatable bonds is 7. The van der Waals surface area contributed by atoms with E-state index in [4.69, 9.17) is 0 Å². The van der Waals surface area contributed by atoms with Crippen LogP contribution in [0, 0.1) is 0 Å². The second kappa shape index (κ2) is 7.99. The Morgan fingerprint density at radius 2 is 1.84 bits per heavy atom. The Hall–Kier alpha value is -2.59. The minimum absolute atomic E-state index is 0.0169. The molecule has 0 radical (unpaired) electrons. The van der Waals surface area contributed by atoms with Crippen molar-refractivity contribution in [1.82, 2.24) is 15.2 Å². The highest BCUT2D eigenvalue weighted by molar-refractivity contribution is 5.95. The Kier molecular flexibility index (Phi) is 5.51. The van der Waals surface area contributed by atoms with E-state index in [2.05, 4.69) is 53.3 Å². The van der Waals surface area contributed by atoms with Gasteiger partial charge in [0.05, 0.1) is 0 Å². The first-order valence-corrected chi connectivity index (χ1v) is 8.89. The number of nitrogens with zero attached hydrogens (tertiary/aromatic N) is 1. The second-order valence-corrected chi connectivity index (χ2v) is 6.14. The Labute approximate surface area is 148 Å². The number of carbonyl (C=O) groups excluding carboxylic acids is 1. The van der Waals surface area contributed by atoms with Crippen LogP contribution in [0.2, 0.25) is 0 Å². The van der Waals surface area contributed by atoms with Crippen molar-refractivity contribution in [3.05, 3.63) is 60.3 Å². The van der Waals surface area contributed by atoms with Crippen LogP contribution in [0.15, 0.2) is 54.7 Å². The first kappa shape index (κ1) is 17.2. The lowest BCUT2D eigenvalue weighted by molar-refractivity contribution is 0.0949. The van der Waals surface area contributed by atoms with Gasteiger partial charge < -0.3 is 15.2 Å². The average Bonchev–Trinajstić information content (AvgIpc) is 3.13. The molecule has 0 saturated heterocycles. The highest BCUT2D eigenvalue weighted by Crippen LogP contribution is 2.24. The summed E-state index contributed by atoms with van der Waals surface area (Å²) in [7, 11) is 0. The molecule has 0 aliphatic heterocycles. The second-order valence-electron chi connectivity index (χ2n) is 6.14. The summed E-state index contributed by atoms with van der Waals surface area (Å²) >= 11 is 0.